The van der Waals surface area contributed by atoms with Crippen molar-refractivity contribution in [1.29, 1.82) is 0 Å². The highest BCUT2D eigenvalue weighted by atomic mass is 32.2. The Labute approximate surface area is 115 Å². The van der Waals surface area contributed by atoms with Crippen molar-refractivity contribution in [3.63, 3.8) is 0 Å². The molecule has 5 nitrogen and oxygen atoms in total. The van der Waals surface area contributed by atoms with Gasteiger partial charge in [-0.1, -0.05) is 0 Å². The molecule has 9 heteroatoms. The van der Waals surface area contributed by atoms with Gasteiger partial charge in [0.05, 0.1) is 11.3 Å². The molecular weight excluding hydrogens is 295 g/mol. The van der Waals surface area contributed by atoms with E-state index in [1.165, 1.54) is 13.1 Å². The lowest BCUT2D eigenvalue weighted by Crippen LogP contribution is -2.37. The fraction of sp³-hybridized carbons (Fsp3) is 0.455. The highest BCUT2D eigenvalue weighted by Crippen LogP contribution is 2.36. The van der Waals surface area contributed by atoms with E-state index in [1.54, 1.807) is 13.8 Å². The zero-order valence-corrected chi connectivity index (χ0v) is 12.0. The molecule has 1 aromatic carbocycles. The Balaban J connectivity index is 3.23. The van der Waals surface area contributed by atoms with Crippen LogP contribution < -0.4 is 10.5 Å². The van der Waals surface area contributed by atoms with E-state index in [0.717, 1.165) is 10.4 Å². The van der Waals surface area contributed by atoms with Crippen LogP contribution in [0.1, 0.15) is 19.4 Å². The molecule has 0 aromatic heterocycles. The molecule has 0 radical (unpaired) electrons. The van der Waals surface area contributed by atoms with E-state index in [2.05, 4.69) is 0 Å². The van der Waals surface area contributed by atoms with Crippen molar-refractivity contribution in [2.75, 3.05) is 17.5 Å². The molecule has 0 aliphatic heterocycles. The van der Waals surface area contributed by atoms with Crippen LogP contribution in [0.15, 0.2) is 18.2 Å². The zero-order chi connectivity index (χ0) is 15.7. The summed E-state index contributed by atoms with van der Waals surface area (Å²) in [5.74, 6) is 0. The summed E-state index contributed by atoms with van der Waals surface area (Å²) >= 11 is 0. The van der Waals surface area contributed by atoms with E-state index in [4.69, 9.17) is 5.73 Å². The molecule has 0 aliphatic carbocycles. The number of nitrogens with zero attached hydrogens (tertiary/aromatic N) is 1. The van der Waals surface area contributed by atoms with Gasteiger partial charge in [-0.25, -0.2) is 0 Å². The van der Waals surface area contributed by atoms with Gasteiger partial charge in [0.15, 0.2) is 0 Å². The number of alkyl halides is 3. The number of halogens is 3. The van der Waals surface area contributed by atoms with Crippen LogP contribution in [0.2, 0.25) is 0 Å². The number of nitrogens with one attached hydrogen (secondary N) is 1. The van der Waals surface area contributed by atoms with Gasteiger partial charge in [-0.15, -0.1) is 0 Å². The molecule has 0 atom stereocenters. The van der Waals surface area contributed by atoms with E-state index >= 15 is 0 Å². The maximum absolute atomic E-state index is 12.9. The van der Waals surface area contributed by atoms with Gasteiger partial charge in [-0.2, -0.15) is 25.9 Å². The molecule has 20 heavy (non-hydrogen) atoms. The number of benzene rings is 1. The molecule has 1 aromatic rings. The third-order valence-corrected chi connectivity index (χ3v) is 4.35. The summed E-state index contributed by atoms with van der Waals surface area (Å²) in [6.45, 7) is 3.21. The van der Waals surface area contributed by atoms with Crippen LogP contribution >= 0.6 is 0 Å². The number of nitrogens with two attached hydrogens (primary N) is 1. The lowest BCUT2D eigenvalue weighted by atomic mass is 10.1. The molecule has 0 amide bonds. The number of hydrogen-bond donors (Lipinski definition) is 2. The molecule has 0 fully saturated rings. The molecule has 3 N–H and O–H groups in total. The first-order valence-corrected chi connectivity index (χ1v) is 7.11. The molecule has 0 unspecified atom stereocenters. The van der Waals surface area contributed by atoms with E-state index in [1.807, 2.05) is 4.72 Å². The number of anilines is 2. The fourth-order valence-electron chi connectivity index (χ4n) is 1.37. The highest BCUT2D eigenvalue weighted by Gasteiger charge is 2.35. The van der Waals surface area contributed by atoms with Crippen molar-refractivity contribution in [2.24, 2.45) is 0 Å². The molecule has 0 saturated heterocycles. The Kier molecular flexibility index (Phi) is 4.55. The minimum absolute atomic E-state index is 0.0995. The second-order valence-electron chi connectivity index (χ2n) is 4.52. The third kappa shape index (κ3) is 3.76. The maximum atomic E-state index is 12.9. The molecule has 0 saturated carbocycles. The van der Waals surface area contributed by atoms with Gasteiger partial charge in [0.1, 0.15) is 0 Å². The smallest absolute Gasteiger partial charge is 0.399 e. The number of rotatable bonds is 4. The zero-order valence-electron chi connectivity index (χ0n) is 11.2. The van der Waals surface area contributed by atoms with Crippen LogP contribution in [0.4, 0.5) is 24.5 Å². The van der Waals surface area contributed by atoms with Gasteiger partial charge in [0.2, 0.25) is 0 Å². The Morgan fingerprint density at radius 2 is 1.85 bits per heavy atom. The van der Waals surface area contributed by atoms with Crippen molar-refractivity contribution >= 4 is 21.6 Å². The molecule has 0 spiro atoms. The highest BCUT2D eigenvalue weighted by molar-refractivity contribution is 7.90. The van der Waals surface area contributed by atoms with Gasteiger partial charge in [0.25, 0.3) is 0 Å². The molecule has 0 heterocycles. The van der Waals surface area contributed by atoms with Crippen LogP contribution in [-0.4, -0.2) is 25.8 Å². The normalized spacial score (nSPS) is 13.0. The standard InChI is InChI=1S/C11H16F3N3O2S/c1-7(2)17(3)20(18,19)16-10-5-4-8(15)6-9(10)11(12,13)14/h4-7,16H,15H2,1-3H3. The van der Waals surface area contributed by atoms with Crippen molar-refractivity contribution in [1.82, 2.24) is 4.31 Å². The van der Waals surface area contributed by atoms with E-state index < -0.39 is 33.7 Å². The predicted octanol–water partition coefficient (Wildman–Crippen LogP) is 2.28. The van der Waals surface area contributed by atoms with Crippen molar-refractivity contribution in [2.45, 2.75) is 26.1 Å². The molecule has 0 aliphatic rings. The summed E-state index contributed by atoms with van der Waals surface area (Å²) in [6, 6.07) is 2.48. The minimum Gasteiger partial charge on any atom is -0.399 e. The lowest BCUT2D eigenvalue weighted by Gasteiger charge is -2.23. The summed E-state index contributed by atoms with van der Waals surface area (Å²) in [5, 5.41) is 0. The van der Waals surface area contributed by atoms with E-state index in [9.17, 15) is 21.6 Å². The van der Waals surface area contributed by atoms with Gasteiger partial charge >= 0.3 is 16.4 Å². The minimum atomic E-state index is -4.70. The Hall–Kier alpha value is -1.48. The predicted molar refractivity (Wildman–Crippen MR) is 71.3 cm³/mol. The van der Waals surface area contributed by atoms with Crippen LogP contribution in [0.25, 0.3) is 0 Å². The Morgan fingerprint density at radius 3 is 2.30 bits per heavy atom. The molecular formula is C11H16F3N3O2S. The quantitative estimate of drug-likeness (QED) is 0.838. The summed E-state index contributed by atoms with van der Waals surface area (Å²) in [4.78, 5) is 0. The average Bonchev–Trinajstić information content (AvgIpc) is 2.28. The molecule has 114 valence electrons. The first-order valence-electron chi connectivity index (χ1n) is 5.67. The number of hydrogen-bond acceptors (Lipinski definition) is 3. The third-order valence-electron chi connectivity index (χ3n) is 2.69. The van der Waals surface area contributed by atoms with Gasteiger partial charge < -0.3 is 5.73 Å². The van der Waals surface area contributed by atoms with Gasteiger partial charge in [-0.05, 0) is 32.0 Å². The van der Waals surface area contributed by atoms with Crippen LogP contribution in [0, 0.1) is 0 Å². The topological polar surface area (TPSA) is 75.4 Å². The summed E-state index contributed by atoms with van der Waals surface area (Å²) in [7, 11) is -2.79. The Bertz CT molecular complexity index is 585. The van der Waals surface area contributed by atoms with Crippen LogP contribution in [0.5, 0.6) is 0 Å². The summed E-state index contributed by atoms with van der Waals surface area (Å²) < 4.78 is 65.3. The maximum Gasteiger partial charge on any atom is 0.418 e. The fourth-order valence-corrected chi connectivity index (χ4v) is 2.53. The SMILES string of the molecule is CC(C)N(C)S(=O)(=O)Nc1ccc(N)cc1C(F)(F)F. The first-order chi connectivity index (χ1) is 8.95. The van der Waals surface area contributed by atoms with Crippen molar-refractivity contribution in [3.05, 3.63) is 23.8 Å². The Morgan fingerprint density at radius 1 is 1.30 bits per heavy atom. The van der Waals surface area contributed by atoms with Crippen molar-refractivity contribution < 1.29 is 21.6 Å². The summed E-state index contributed by atoms with van der Waals surface area (Å²) in [6.07, 6.45) is -4.70. The second-order valence-corrected chi connectivity index (χ2v) is 6.25. The summed E-state index contributed by atoms with van der Waals surface area (Å²) in [5.41, 5.74) is 3.53. The lowest BCUT2D eigenvalue weighted by molar-refractivity contribution is -0.136. The molecule has 0 bridgehead atoms. The average molecular weight is 311 g/mol. The van der Waals surface area contributed by atoms with E-state index in [0.29, 0.717) is 6.07 Å². The monoisotopic (exact) mass is 311 g/mol. The van der Waals surface area contributed by atoms with Crippen LogP contribution in [-0.2, 0) is 16.4 Å². The van der Waals surface area contributed by atoms with E-state index in [-0.39, 0.29) is 5.69 Å². The van der Waals surface area contributed by atoms with Gasteiger partial charge in [0, 0.05) is 18.8 Å². The molecule has 1 rings (SSSR count). The first kappa shape index (κ1) is 16.6. The largest absolute Gasteiger partial charge is 0.418 e. The van der Waals surface area contributed by atoms with Gasteiger partial charge in [-0.3, -0.25) is 4.72 Å². The second kappa shape index (κ2) is 5.49. The number of nitrogen functional groups attached to an aromatic ring is 1. The van der Waals surface area contributed by atoms with Crippen molar-refractivity contribution in [3.8, 4) is 0 Å². The van der Waals surface area contributed by atoms with Crippen LogP contribution in [0.3, 0.4) is 0 Å².